The normalized spacial score (nSPS) is 13.8. The average Bonchev–Trinajstić information content (AvgIpc) is 2.20. The van der Waals surface area contributed by atoms with Crippen molar-refractivity contribution in [1.82, 2.24) is 10.2 Å². The first-order valence-electron chi connectivity index (χ1n) is 6.51. The van der Waals surface area contributed by atoms with Gasteiger partial charge in [-0.3, -0.25) is 0 Å². The molecule has 15 heavy (non-hydrogen) atoms. The summed E-state index contributed by atoms with van der Waals surface area (Å²) in [4.78, 5) is 2.42. The van der Waals surface area contributed by atoms with Gasteiger partial charge in [0.15, 0.2) is 0 Å². The lowest BCUT2D eigenvalue weighted by atomic mass is 10.1. The molecular weight excluding hydrogens is 184 g/mol. The van der Waals surface area contributed by atoms with Gasteiger partial charge in [0.1, 0.15) is 0 Å². The summed E-state index contributed by atoms with van der Waals surface area (Å²) < 4.78 is 0. The summed E-state index contributed by atoms with van der Waals surface area (Å²) >= 11 is 0. The van der Waals surface area contributed by atoms with Crippen LogP contribution in [0, 0.1) is 0 Å². The number of rotatable bonds is 9. The third kappa shape index (κ3) is 8.88. The summed E-state index contributed by atoms with van der Waals surface area (Å²) in [6, 6.07) is 1.37. The molecule has 0 aliphatic carbocycles. The predicted octanol–water partition coefficient (Wildman–Crippen LogP) is 2.89. The van der Waals surface area contributed by atoms with E-state index in [9.17, 15) is 0 Å². The lowest BCUT2D eigenvalue weighted by Gasteiger charge is -2.21. The van der Waals surface area contributed by atoms with Crippen molar-refractivity contribution in [3.8, 4) is 0 Å². The van der Waals surface area contributed by atoms with Crippen LogP contribution in [-0.2, 0) is 0 Å². The fourth-order valence-electron chi connectivity index (χ4n) is 1.56. The van der Waals surface area contributed by atoms with Crippen LogP contribution < -0.4 is 5.32 Å². The molecule has 0 radical (unpaired) electrons. The Bertz CT molecular complexity index is 134. The van der Waals surface area contributed by atoms with E-state index in [1.807, 2.05) is 0 Å². The van der Waals surface area contributed by atoms with E-state index in [1.165, 1.54) is 32.2 Å². The van der Waals surface area contributed by atoms with Gasteiger partial charge in [0.05, 0.1) is 0 Å². The summed E-state index contributed by atoms with van der Waals surface area (Å²) in [5.74, 6) is 0. The Morgan fingerprint density at radius 3 is 2.33 bits per heavy atom. The molecule has 0 bridgehead atoms. The Kier molecular flexibility index (Phi) is 9.12. The molecule has 0 aliphatic rings. The molecule has 0 saturated carbocycles. The monoisotopic (exact) mass is 214 g/mol. The molecule has 1 N–H and O–H groups in total. The van der Waals surface area contributed by atoms with E-state index in [4.69, 9.17) is 0 Å². The smallest absolute Gasteiger partial charge is 0.00387 e. The predicted molar refractivity (Wildman–Crippen MR) is 69.4 cm³/mol. The maximum atomic E-state index is 3.53. The van der Waals surface area contributed by atoms with E-state index in [0.29, 0.717) is 12.1 Å². The SMILES string of the molecule is CCCNC(C)CCCCN(C)C(C)C. The number of hydrogen-bond donors (Lipinski definition) is 1. The standard InChI is InChI=1S/C13H30N2/c1-6-10-14-13(4)9-7-8-11-15(5)12(2)3/h12-14H,6-11H2,1-5H3. The number of hydrogen-bond acceptors (Lipinski definition) is 2. The third-order valence-corrected chi connectivity index (χ3v) is 3.02. The summed E-state index contributed by atoms with van der Waals surface area (Å²) in [6.07, 6.45) is 5.22. The van der Waals surface area contributed by atoms with Crippen molar-refractivity contribution in [2.75, 3.05) is 20.1 Å². The molecular formula is C13H30N2. The number of nitrogens with one attached hydrogen (secondary N) is 1. The van der Waals surface area contributed by atoms with E-state index in [-0.39, 0.29) is 0 Å². The zero-order chi connectivity index (χ0) is 11.7. The van der Waals surface area contributed by atoms with Crippen LogP contribution >= 0.6 is 0 Å². The Morgan fingerprint density at radius 2 is 1.80 bits per heavy atom. The van der Waals surface area contributed by atoms with Gasteiger partial charge in [-0.05, 0) is 60.2 Å². The van der Waals surface area contributed by atoms with Gasteiger partial charge >= 0.3 is 0 Å². The third-order valence-electron chi connectivity index (χ3n) is 3.02. The molecule has 0 aliphatic heterocycles. The molecule has 92 valence electrons. The van der Waals surface area contributed by atoms with E-state index < -0.39 is 0 Å². The van der Waals surface area contributed by atoms with Crippen LogP contribution in [0.1, 0.15) is 53.4 Å². The highest BCUT2D eigenvalue weighted by molar-refractivity contribution is 4.62. The topological polar surface area (TPSA) is 15.3 Å². The lowest BCUT2D eigenvalue weighted by molar-refractivity contribution is 0.266. The molecule has 0 amide bonds. The van der Waals surface area contributed by atoms with E-state index in [1.54, 1.807) is 0 Å². The maximum Gasteiger partial charge on any atom is 0.00387 e. The largest absolute Gasteiger partial charge is 0.314 e. The molecule has 1 unspecified atom stereocenters. The van der Waals surface area contributed by atoms with E-state index in [2.05, 4.69) is 45.0 Å². The molecule has 0 rings (SSSR count). The minimum atomic E-state index is 0.681. The van der Waals surface area contributed by atoms with E-state index >= 15 is 0 Å². The Hall–Kier alpha value is -0.0800. The molecule has 2 heteroatoms. The van der Waals surface area contributed by atoms with Gasteiger partial charge in [0.2, 0.25) is 0 Å². The minimum absolute atomic E-state index is 0.681. The van der Waals surface area contributed by atoms with Crippen molar-refractivity contribution in [3.05, 3.63) is 0 Å². The van der Waals surface area contributed by atoms with Gasteiger partial charge in [-0.25, -0.2) is 0 Å². The number of nitrogens with zero attached hydrogens (tertiary/aromatic N) is 1. The van der Waals surface area contributed by atoms with Crippen LogP contribution in [0.4, 0.5) is 0 Å². The quantitative estimate of drug-likeness (QED) is 0.594. The van der Waals surface area contributed by atoms with Crippen LogP contribution in [0.5, 0.6) is 0 Å². The Morgan fingerprint density at radius 1 is 1.13 bits per heavy atom. The van der Waals surface area contributed by atoms with Crippen molar-refractivity contribution < 1.29 is 0 Å². The second kappa shape index (κ2) is 9.17. The second-order valence-electron chi connectivity index (χ2n) is 4.93. The van der Waals surface area contributed by atoms with Crippen molar-refractivity contribution in [2.45, 2.75) is 65.5 Å². The maximum absolute atomic E-state index is 3.53. The van der Waals surface area contributed by atoms with Gasteiger partial charge in [-0.1, -0.05) is 13.3 Å². The molecule has 0 aromatic rings. The molecule has 0 fully saturated rings. The van der Waals surface area contributed by atoms with Crippen LogP contribution in [0.3, 0.4) is 0 Å². The minimum Gasteiger partial charge on any atom is -0.314 e. The second-order valence-corrected chi connectivity index (χ2v) is 4.93. The Labute approximate surface area is 96.4 Å². The van der Waals surface area contributed by atoms with Gasteiger partial charge < -0.3 is 10.2 Å². The van der Waals surface area contributed by atoms with Crippen molar-refractivity contribution >= 4 is 0 Å². The average molecular weight is 214 g/mol. The molecule has 1 atom stereocenters. The summed E-state index contributed by atoms with van der Waals surface area (Å²) in [7, 11) is 2.21. The molecule has 0 aromatic heterocycles. The summed E-state index contributed by atoms with van der Waals surface area (Å²) in [5.41, 5.74) is 0. The number of unbranched alkanes of at least 4 members (excludes halogenated alkanes) is 1. The van der Waals surface area contributed by atoms with Crippen LogP contribution in [0.25, 0.3) is 0 Å². The highest BCUT2D eigenvalue weighted by Crippen LogP contribution is 2.03. The molecule has 0 heterocycles. The first-order chi connectivity index (χ1) is 7.07. The van der Waals surface area contributed by atoms with E-state index in [0.717, 1.165) is 6.54 Å². The molecule has 0 aromatic carbocycles. The zero-order valence-corrected chi connectivity index (χ0v) is 11.3. The fourth-order valence-corrected chi connectivity index (χ4v) is 1.56. The molecule has 0 spiro atoms. The van der Waals surface area contributed by atoms with Crippen LogP contribution in [0.15, 0.2) is 0 Å². The first kappa shape index (κ1) is 14.9. The first-order valence-corrected chi connectivity index (χ1v) is 6.51. The highest BCUT2D eigenvalue weighted by Gasteiger charge is 2.03. The summed E-state index contributed by atoms with van der Waals surface area (Å²) in [5, 5.41) is 3.53. The van der Waals surface area contributed by atoms with Gasteiger partial charge in [0.25, 0.3) is 0 Å². The zero-order valence-electron chi connectivity index (χ0n) is 11.3. The van der Waals surface area contributed by atoms with Crippen molar-refractivity contribution in [1.29, 1.82) is 0 Å². The van der Waals surface area contributed by atoms with Gasteiger partial charge in [-0.2, -0.15) is 0 Å². The fraction of sp³-hybridized carbons (Fsp3) is 1.00. The van der Waals surface area contributed by atoms with Crippen molar-refractivity contribution in [2.24, 2.45) is 0 Å². The van der Waals surface area contributed by atoms with Crippen LogP contribution in [0.2, 0.25) is 0 Å². The van der Waals surface area contributed by atoms with Crippen molar-refractivity contribution in [3.63, 3.8) is 0 Å². The summed E-state index contributed by atoms with van der Waals surface area (Å²) in [6.45, 7) is 11.4. The Balaban J connectivity index is 3.30. The lowest BCUT2D eigenvalue weighted by Crippen LogP contribution is -2.28. The van der Waals surface area contributed by atoms with Gasteiger partial charge in [0, 0.05) is 12.1 Å². The molecule has 2 nitrogen and oxygen atoms in total. The highest BCUT2D eigenvalue weighted by atomic mass is 15.1. The van der Waals surface area contributed by atoms with Crippen LogP contribution in [-0.4, -0.2) is 37.1 Å². The molecule has 0 saturated heterocycles. The van der Waals surface area contributed by atoms with Gasteiger partial charge in [-0.15, -0.1) is 0 Å².